The Labute approximate surface area is 111 Å². The van der Waals surface area contributed by atoms with Gasteiger partial charge in [-0.3, -0.25) is 0 Å². The standard InChI is InChI=1S/C14H16FN3O/c1-3-7-16-12-8-13(18-9-17-12)19-11-6-4-5-10(2)14(11)15/h4-6,8-9H,3,7H2,1-2H3,(H,16,17,18). The topological polar surface area (TPSA) is 47.0 Å². The number of nitrogens with zero attached hydrogens (tertiary/aromatic N) is 2. The van der Waals surface area contributed by atoms with Crippen LogP contribution in [-0.2, 0) is 0 Å². The first kappa shape index (κ1) is 13.3. The van der Waals surface area contributed by atoms with E-state index < -0.39 is 0 Å². The molecule has 1 heterocycles. The van der Waals surface area contributed by atoms with Crippen molar-refractivity contribution in [2.24, 2.45) is 0 Å². The SMILES string of the molecule is CCCNc1cc(Oc2cccc(C)c2F)ncn1. The first-order valence-corrected chi connectivity index (χ1v) is 6.19. The van der Waals surface area contributed by atoms with Crippen molar-refractivity contribution in [2.75, 3.05) is 11.9 Å². The third-order valence-corrected chi connectivity index (χ3v) is 2.57. The molecule has 0 amide bonds. The molecular formula is C14H16FN3O. The van der Waals surface area contributed by atoms with Gasteiger partial charge in [-0.25, -0.2) is 14.4 Å². The van der Waals surface area contributed by atoms with Gasteiger partial charge in [0.25, 0.3) is 0 Å². The second kappa shape index (κ2) is 6.13. The fraction of sp³-hybridized carbons (Fsp3) is 0.286. The van der Waals surface area contributed by atoms with Crippen molar-refractivity contribution in [3.05, 3.63) is 42.0 Å². The maximum atomic E-state index is 13.8. The number of hydrogen-bond acceptors (Lipinski definition) is 4. The van der Waals surface area contributed by atoms with E-state index in [1.807, 2.05) is 0 Å². The maximum Gasteiger partial charge on any atom is 0.224 e. The molecule has 0 aliphatic rings. The van der Waals surface area contributed by atoms with Gasteiger partial charge in [0.05, 0.1) is 0 Å². The maximum absolute atomic E-state index is 13.8. The molecule has 0 saturated carbocycles. The van der Waals surface area contributed by atoms with Gasteiger partial charge in [-0.1, -0.05) is 19.1 Å². The van der Waals surface area contributed by atoms with E-state index in [1.165, 1.54) is 6.33 Å². The average molecular weight is 261 g/mol. The zero-order valence-corrected chi connectivity index (χ0v) is 11.0. The number of anilines is 1. The van der Waals surface area contributed by atoms with E-state index in [4.69, 9.17) is 4.74 Å². The predicted octanol–water partition coefficient (Wildman–Crippen LogP) is 3.54. The van der Waals surface area contributed by atoms with Crippen molar-refractivity contribution in [1.82, 2.24) is 9.97 Å². The molecule has 0 aliphatic carbocycles. The molecule has 0 bridgehead atoms. The van der Waals surface area contributed by atoms with Gasteiger partial charge in [0.15, 0.2) is 11.6 Å². The third kappa shape index (κ3) is 3.40. The van der Waals surface area contributed by atoms with Crippen LogP contribution in [0.4, 0.5) is 10.2 Å². The molecule has 1 N–H and O–H groups in total. The molecule has 1 aromatic carbocycles. The largest absolute Gasteiger partial charge is 0.436 e. The minimum absolute atomic E-state index is 0.167. The summed E-state index contributed by atoms with van der Waals surface area (Å²) < 4.78 is 19.3. The number of benzene rings is 1. The lowest BCUT2D eigenvalue weighted by atomic mass is 10.2. The Morgan fingerprint density at radius 2 is 2.16 bits per heavy atom. The molecule has 2 rings (SSSR count). The van der Waals surface area contributed by atoms with Gasteiger partial charge in [-0.05, 0) is 25.0 Å². The fourth-order valence-electron chi connectivity index (χ4n) is 1.56. The predicted molar refractivity (Wildman–Crippen MR) is 72.0 cm³/mol. The van der Waals surface area contributed by atoms with E-state index >= 15 is 0 Å². The van der Waals surface area contributed by atoms with Crippen LogP contribution >= 0.6 is 0 Å². The Morgan fingerprint density at radius 1 is 1.32 bits per heavy atom. The van der Waals surface area contributed by atoms with Crippen LogP contribution in [0.1, 0.15) is 18.9 Å². The highest BCUT2D eigenvalue weighted by Gasteiger charge is 2.08. The van der Waals surface area contributed by atoms with Gasteiger partial charge in [0.1, 0.15) is 12.1 Å². The normalized spacial score (nSPS) is 10.3. The van der Waals surface area contributed by atoms with Crippen LogP contribution < -0.4 is 10.1 Å². The summed E-state index contributed by atoms with van der Waals surface area (Å²) in [6.07, 6.45) is 2.38. The Kier molecular flexibility index (Phi) is 4.28. The fourth-order valence-corrected chi connectivity index (χ4v) is 1.56. The zero-order valence-electron chi connectivity index (χ0n) is 11.0. The summed E-state index contributed by atoms with van der Waals surface area (Å²) in [6.45, 7) is 4.57. The number of aromatic nitrogens is 2. The van der Waals surface area contributed by atoms with Crippen LogP contribution in [0.5, 0.6) is 11.6 Å². The second-order valence-electron chi connectivity index (χ2n) is 4.16. The smallest absolute Gasteiger partial charge is 0.224 e. The van der Waals surface area contributed by atoms with Crippen LogP contribution in [0.15, 0.2) is 30.6 Å². The number of hydrogen-bond donors (Lipinski definition) is 1. The number of rotatable bonds is 5. The van der Waals surface area contributed by atoms with Gasteiger partial charge in [0, 0.05) is 12.6 Å². The minimum atomic E-state index is -0.371. The van der Waals surface area contributed by atoms with E-state index in [1.54, 1.807) is 31.2 Å². The van der Waals surface area contributed by atoms with Crippen molar-refractivity contribution in [3.8, 4) is 11.6 Å². The molecule has 5 heteroatoms. The van der Waals surface area contributed by atoms with Crippen LogP contribution in [-0.4, -0.2) is 16.5 Å². The van der Waals surface area contributed by atoms with Crippen molar-refractivity contribution < 1.29 is 9.13 Å². The van der Waals surface area contributed by atoms with Gasteiger partial charge < -0.3 is 10.1 Å². The van der Waals surface area contributed by atoms with E-state index in [0.717, 1.165) is 13.0 Å². The van der Waals surface area contributed by atoms with E-state index in [9.17, 15) is 4.39 Å². The average Bonchev–Trinajstić information content (AvgIpc) is 2.42. The number of aryl methyl sites for hydroxylation is 1. The molecule has 0 aliphatic heterocycles. The molecule has 1 aromatic heterocycles. The molecular weight excluding hydrogens is 245 g/mol. The molecule has 19 heavy (non-hydrogen) atoms. The monoisotopic (exact) mass is 261 g/mol. The van der Waals surface area contributed by atoms with Crippen LogP contribution in [0.25, 0.3) is 0 Å². The van der Waals surface area contributed by atoms with Gasteiger partial charge >= 0.3 is 0 Å². The Balaban J connectivity index is 2.16. The van der Waals surface area contributed by atoms with E-state index in [2.05, 4.69) is 22.2 Å². The first-order valence-electron chi connectivity index (χ1n) is 6.19. The van der Waals surface area contributed by atoms with Crippen molar-refractivity contribution >= 4 is 5.82 Å². The molecule has 0 radical (unpaired) electrons. The first-order chi connectivity index (χ1) is 9.20. The quantitative estimate of drug-likeness (QED) is 0.894. The molecule has 0 spiro atoms. The van der Waals surface area contributed by atoms with Crippen molar-refractivity contribution in [1.29, 1.82) is 0 Å². The third-order valence-electron chi connectivity index (χ3n) is 2.57. The van der Waals surface area contributed by atoms with Gasteiger partial charge in [-0.15, -0.1) is 0 Å². The number of halogens is 1. The highest BCUT2D eigenvalue weighted by molar-refractivity contribution is 5.39. The molecule has 2 aromatic rings. The summed E-state index contributed by atoms with van der Waals surface area (Å²) in [6, 6.07) is 6.66. The molecule has 4 nitrogen and oxygen atoms in total. The summed E-state index contributed by atoms with van der Waals surface area (Å²) in [4.78, 5) is 8.04. The van der Waals surface area contributed by atoms with Gasteiger partial charge in [-0.2, -0.15) is 0 Å². The molecule has 100 valence electrons. The summed E-state index contributed by atoms with van der Waals surface area (Å²) >= 11 is 0. The summed E-state index contributed by atoms with van der Waals surface area (Å²) in [5, 5.41) is 3.12. The van der Waals surface area contributed by atoms with Crippen LogP contribution in [0, 0.1) is 12.7 Å². The summed E-state index contributed by atoms with van der Waals surface area (Å²) in [5.41, 5.74) is 0.538. The zero-order chi connectivity index (χ0) is 13.7. The highest BCUT2D eigenvalue weighted by atomic mass is 19.1. The Morgan fingerprint density at radius 3 is 2.95 bits per heavy atom. The molecule has 0 fully saturated rings. The number of nitrogens with one attached hydrogen (secondary N) is 1. The lowest BCUT2D eigenvalue weighted by molar-refractivity contribution is 0.425. The van der Waals surface area contributed by atoms with Gasteiger partial charge in [0.2, 0.25) is 5.88 Å². The second-order valence-corrected chi connectivity index (χ2v) is 4.16. The lowest BCUT2D eigenvalue weighted by Gasteiger charge is -2.08. The van der Waals surface area contributed by atoms with E-state index in [0.29, 0.717) is 17.3 Å². The molecule has 0 unspecified atom stereocenters. The van der Waals surface area contributed by atoms with Crippen molar-refractivity contribution in [3.63, 3.8) is 0 Å². The van der Waals surface area contributed by atoms with E-state index in [-0.39, 0.29) is 11.6 Å². The summed E-state index contributed by atoms with van der Waals surface area (Å²) in [5.74, 6) is 0.780. The highest BCUT2D eigenvalue weighted by Crippen LogP contribution is 2.25. The molecule has 0 atom stereocenters. The summed E-state index contributed by atoms with van der Waals surface area (Å²) in [7, 11) is 0. The number of ether oxygens (including phenoxy) is 1. The van der Waals surface area contributed by atoms with Crippen molar-refractivity contribution in [2.45, 2.75) is 20.3 Å². The minimum Gasteiger partial charge on any atom is -0.436 e. The Hall–Kier alpha value is -2.17. The van der Waals surface area contributed by atoms with Crippen LogP contribution in [0.3, 0.4) is 0 Å². The lowest BCUT2D eigenvalue weighted by Crippen LogP contribution is -2.02. The molecule has 0 saturated heterocycles. The van der Waals surface area contributed by atoms with Crippen LogP contribution in [0.2, 0.25) is 0 Å². The Bertz CT molecular complexity index is 560.